The topological polar surface area (TPSA) is 83.5 Å². The Morgan fingerprint density at radius 1 is 1.17 bits per heavy atom. The van der Waals surface area contributed by atoms with Crippen LogP contribution in [-0.4, -0.2) is 11.7 Å². The number of aromatic hydroxyl groups is 1. The number of fused-ring (bicyclic) bond motifs is 1. The fraction of sp³-hybridized carbons (Fsp3) is 0.111. The van der Waals surface area contributed by atoms with Gasteiger partial charge >= 0.3 is 5.63 Å². The van der Waals surface area contributed by atoms with Crippen molar-refractivity contribution < 1.29 is 14.3 Å². The Morgan fingerprint density at radius 3 is 2.70 bits per heavy atom. The first kappa shape index (κ1) is 14.7. The second-order valence-electron chi connectivity index (χ2n) is 4.97. The van der Waals surface area contributed by atoms with Gasteiger partial charge in [0, 0.05) is 6.42 Å². The van der Waals surface area contributed by atoms with Crippen LogP contribution in [0, 0.1) is 11.3 Å². The third kappa shape index (κ3) is 3.01. The van der Waals surface area contributed by atoms with Crippen molar-refractivity contribution in [3.05, 3.63) is 70.1 Å². The minimum Gasteiger partial charge on any atom is -0.506 e. The lowest BCUT2D eigenvalue weighted by Crippen LogP contribution is -2.05. The number of hydrogen-bond donors (Lipinski definition) is 1. The molecule has 3 rings (SSSR count). The Morgan fingerprint density at radius 2 is 1.96 bits per heavy atom. The molecule has 0 saturated carbocycles. The van der Waals surface area contributed by atoms with Gasteiger partial charge in [0.2, 0.25) is 0 Å². The van der Waals surface area contributed by atoms with Crippen molar-refractivity contribution in [1.82, 2.24) is 0 Å². The highest BCUT2D eigenvalue weighted by molar-refractivity contribution is 5.86. The molecule has 2 aromatic carbocycles. The molecule has 0 bridgehead atoms. The molecular formula is C18H13NO4. The average molecular weight is 307 g/mol. The van der Waals surface area contributed by atoms with Crippen molar-refractivity contribution in [1.29, 1.82) is 5.26 Å². The van der Waals surface area contributed by atoms with E-state index in [0.717, 1.165) is 12.0 Å². The molecule has 1 N–H and O–H groups in total. The predicted octanol–water partition coefficient (Wildman–Crippen LogP) is 2.99. The minimum atomic E-state index is -0.852. The molecule has 0 spiro atoms. The molecule has 0 aliphatic rings. The van der Waals surface area contributed by atoms with Gasteiger partial charge in [0.1, 0.15) is 17.4 Å². The molecule has 114 valence electrons. The zero-order chi connectivity index (χ0) is 16.2. The maximum Gasteiger partial charge on any atom is 0.358 e. The van der Waals surface area contributed by atoms with Crippen LogP contribution in [-0.2, 0) is 6.42 Å². The first-order valence-electron chi connectivity index (χ1n) is 7.05. The number of ether oxygens (including phenoxy) is 1. The van der Waals surface area contributed by atoms with Crippen molar-refractivity contribution >= 4 is 11.0 Å². The third-order valence-electron chi connectivity index (χ3n) is 3.46. The van der Waals surface area contributed by atoms with E-state index in [1.54, 1.807) is 18.2 Å². The fourth-order valence-corrected chi connectivity index (χ4v) is 2.29. The summed E-state index contributed by atoms with van der Waals surface area (Å²) < 4.78 is 10.7. The average Bonchev–Trinajstić information content (AvgIpc) is 2.57. The molecule has 0 aliphatic carbocycles. The summed E-state index contributed by atoms with van der Waals surface area (Å²) in [7, 11) is 0. The van der Waals surface area contributed by atoms with Crippen molar-refractivity contribution in [3.63, 3.8) is 0 Å². The number of rotatable bonds is 4. The number of nitriles is 1. The van der Waals surface area contributed by atoms with E-state index >= 15 is 0 Å². The minimum absolute atomic E-state index is 0.210. The van der Waals surface area contributed by atoms with Gasteiger partial charge < -0.3 is 14.3 Å². The summed E-state index contributed by atoms with van der Waals surface area (Å²) in [6.45, 7) is 0.470. The van der Waals surface area contributed by atoms with E-state index in [-0.39, 0.29) is 16.7 Å². The first-order chi connectivity index (χ1) is 11.2. The molecule has 0 aliphatic heterocycles. The van der Waals surface area contributed by atoms with Gasteiger partial charge in [0.25, 0.3) is 0 Å². The molecular weight excluding hydrogens is 294 g/mol. The van der Waals surface area contributed by atoms with Gasteiger partial charge in [0.05, 0.1) is 12.0 Å². The van der Waals surface area contributed by atoms with E-state index in [1.165, 1.54) is 6.07 Å². The lowest BCUT2D eigenvalue weighted by atomic mass is 10.1. The Balaban J connectivity index is 1.83. The van der Waals surface area contributed by atoms with Crippen LogP contribution in [0.5, 0.6) is 11.5 Å². The quantitative estimate of drug-likeness (QED) is 0.749. The van der Waals surface area contributed by atoms with Crippen molar-refractivity contribution in [2.24, 2.45) is 0 Å². The predicted molar refractivity (Wildman–Crippen MR) is 84.5 cm³/mol. The lowest BCUT2D eigenvalue weighted by molar-refractivity contribution is 0.322. The maximum absolute atomic E-state index is 11.5. The molecule has 5 nitrogen and oxygen atoms in total. The van der Waals surface area contributed by atoms with Gasteiger partial charge in [-0.05, 0) is 23.8 Å². The Hall–Kier alpha value is -3.26. The van der Waals surface area contributed by atoms with Crippen LogP contribution in [0.1, 0.15) is 11.1 Å². The van der Waals surface area contributed by atoms with Crippen LogP contribution in [0.3, 0.4) is 0 Å². The third-order valence-corrected chi connectivity index (χ3v) is 3.46. The molecule has 5 heteroatoms. The van der Waals surface area contributed by atoms with E-state index in [1.807, 2.05) is 30.3 Å². The van der Waals surface area contributed by atoms with Crippen molar-refractivity contribution in [3.8, 4) is 17.6 Å². The summed E-state index contributed by atoms with van der Waals surface area (Å²) in [4.78, 5) is 11.5. The summed E-state index contributed by atoms with van der Waals surface area (Å²) >= 11 is 0. The molecule has 0 radical (unpaired) electrons. The SMILES string of the molecule is N#Cc1c(O)c2cc(OCCc3ccccc3)ccc2oc1=O. The van der Waals surface area contributed by atoms with Crippen LogP contribution in [0.15, 0.2) is 57.7 Å². The Bertz CT molecular complexity index is 939. The molecule has 3 aromatic rings. The highest BCUT2D eigenvalue weighted by Gasteiger charge is 2.14. The van der Waals surface area contributed by atoms with Crippen molar-refractivity contribution in [2.45, 2.75) is 6.42 Å². The summed E-state index contributed by atoms with van der Waals surface area (Å²) in [5, 5.41) is 19.2. The maximum atomic E-state index is 11.5. The zero-order valence-corrected chi connectivity index (χ0v) is 12.2. The summed E-state index contributed by atoms with van der Waals surface area (Å²) in [6.07, 6.45) is 0.748. The van der Waals surface area contributed by atoms with Crippen LogP contribution in [0.2, 0.25) is 0 Å². The molecule has 0 unspecified atom stereocenters. The summed E-state index contributed by atoms with van der Waals surface area (Å²) in [5.41, 5.74) is 0.116. The highest BCUT2D eigenvalue weighted by Crippen LogP contribution is 2.29. The monoisotopic (exact) mass is 307 g/mol. The largest absolute Gasteiger partial charge is 0.506 e. The van der Waals surface area contributed by atoms with Gasteiger partial charge in [-0.25, -0.2) is 4.79 Å². The fourth-order valence-electron chi connectivity index (χ4n) is 2.29. The molecule has 0 amide bonds. The van der Waals surface area contributed by atoms with E-state index in [4.69, 9.17) is 14.4 Å². The smallest absolute Gasteiger partial charge is 0.358 e. The van der Waals surface area contributed by atoms with Gasteiger partial charge in [-0.3, -0.25) is 0 Å². The molecule has 1 aromatic heterocycles. The van der Waals surface area contributed by atoms with Gasteiger partial charge in [0.15, 0.2) is 11.3 Å². The zero-order valence-electron chi connectivity index (χ0n) is 12.2. The molecule has 0 saturated heterocycles. The number of nitrogens with zero attached hydrogens (tertiary/aromatic N) is 1. The molecule has 1 heterocycles. The van der Waals surface area contributed by atoms with Crippen LogP contribution in [0.4, 0.5) is 0 Å². The standard InChI is InChI=1S/C18H13NO4/c19-11-15-17(20)14-10-13(6-7-16(14)23-18(15)21)22-9-8-12-4-2-1-3-5-12/h1-7,10,20H,8-9H2. The van der Waals surface area contributed by atoms with Crippen LogP contribution < -0.4 is 10.4 Å². The summed E-state index contributed by atoms with van der Waals surface area (Å²) in [6, 6.07) is 16.3. The van der Waals surface area contributed by atoms with E-state index < -0.39 is 11.2 Å². The number of hydrogen-bond acceptors (Lipinski definition) is 5. The highest BCUT2D eigenvalue weighted by atomic mass is 16.5. The Labute approximate surface area is 132 Å². The van der Waals surface area contributed by atoms with Gasteiger partial charge in [-0.2, -0.15) is 5.26 Å². The van der Waals surface area contributed by atoms with Gasteiger partial charge in [-0.15, -0.1) is 0 Å². The van der Waals surface area contributed by atoms with E-state index in [9.17, 15) is 9.90 Å². The van der Waals surface area contributed by atoms with Crippen LogP contribution >= 0.6 is 0 Å². The second-order valence-corrected chi connectivity index (χ2v) is 4.97. The molecule has 0 fully saturated rings. The number of benzene rings is 2. The van der Waals surface area contributed by atoms with Crippen molar-refractivity contribution in [2.75, 3.05) is 6.61 Å². The first-order valence-corrected chi connectivity index (χ1v) is 7.05. The normalized spacial score (nSPS) is 10.4. The molecule has 0 atom stereocenters. The summed E-state index contributed by atoms with van der Waals surface area (Å²) in [5.74, 6) is 0.147. The Kier molecular flexibility index (Phi) is 3.98. The van der Waals surface area contributed by atoms with Crippen LogP contribution in [0.25, 0.3) is 11.0 Å². The van der Waals surface area contributed by atoms with Gasteiger partial charge in [-0.1, -0.05) is 30.3 Å². The van der Waals surface area contributed by atoms with E-state index in [2.05, 4.69) is 0 Å². The van der Waals surface area contributed by atoms with E-state index in [0.29, 0.717) is 12.4 Å². The lowest BCUT2D eigenvalue weighted by Gasteiger charge is -2.08. The molecule has 23 heavy (non-hydrogen) atoms. The second kappa shape index (κ2) is 6.24.